The van der Waals surface area contributed by atoms with E-state index in [0.717, 1.165) is 16.9 Å². The summed E-state index contributed by atoms with van der Waals surface area (Å²) in [4.78, 5) is 49.4. The number of hydrogen-bond donors (Lipinski definition) is 1. The Morgan fingerprint density at radius 3 is 2.50 bits per heavy atom. The van der Waals surface area contributed by atoms with Crippen LogP contribution in [0.25, 0.3) is 0 Å². The quantitative estimate of drug-likeness (QED) is 0.465. The van der Waals surface area contributed by atoms with Crippen LogP contribution in [0, 0.1) is 22.0 Å². The van der Waals surface area contributed by atoms with Crippen LogP contribution in [0.1, 0.15) is 30.7 Å². The van der Waals surface area contributed by atoms with Crippen molar-refractivity contribution in [2.75, 3.05) is 11.9 Å². The van der Waals surface area contributed by atoms with E-state index in [0.29, 0.717) is 12.8 Å². The molecule has 0 radical (unpaired) electrons. The van der Waals surface area contributed by atoms with Gasteiger partial charge in [0.25, 0.3) is 5.69 Å². The fourth-order valence-corrected chi connectivity index (χ4v) is 4.47. The number of likely N-dealkylation sites (tertiary alicyclic amines) is 1. The van der Waals surface area contributed by atoms with Crippen molar-refractivity contribution in [1.82, 2.24) is 4.90 Å². The first-order valence-electron chi connectivity index (χ1n) is 9.88. The van der Waals surface area contributed by atoms with Gasteiger partial charge in [-0.05, 0) is 36.8 Å². The Balaban J connectivity index is 1.42. The monoisotopic (exact) mass is 407 g/mol. The second-order valence-corrected chi connectivity index (χ2v) is 7.75. The zero-order valence-corrected chi connectivity index (χ0v) is 16.2. The molecule has 30 heavy (non-hydrogen) atoms. The molecule has 1 saturated carbocycles. The molecule has 3 atom stereocenters. The number of nitrogens with zero attached hydrogens (tertiary/aromatic N) is 2. The number of nitro benzene ring substituents is 1. The fraction of sp³-hybridized carbons (Fsp3) is 0.318. The topological polar surface area (TPSA) is 110 Å². The molecule has 1 aliphatic carbocycles. The van der Waals surface area contributed by atoms with Crippen molar-refractivity contribution in [2.45, 2.75) is 25.2 Å². The van der Waals surface area contributed by atoms with Crippen molar-refractivity contribution in [2.24, 2.45) is 11.8 Å². The maximum Gasteiger partial charge on any atom is 0.271 e. The van der Waals surface area contributed by atoms with Crippen LogP contribution in [-0.4, -0.2) is 34.1 Å². The Hall–Kier alpha value is -3.55. The summed E-state index contributed by atoms with van der Waals surface area (Å²) < 4.78 is 0. The van der Waals surface area contributed by atoms with Gasteiger partial charge in [0.05, 0.1) is 16.8 Å². The molecule has 0 bridgehead atoms. The summed E-state index contributed by atoms with van der Waals surface area (Å²) in [5.74, 6) is -1.71. The van der Waals surface area contributed by atoms with E-state index in [1.807, 2.05) is 30.3 Å². The van der Waals surface area contributed by atoms with Crippen LogP contribution in [0.15, 0.2) is 54.6 Å². The second kappa shape index (κ2) is 8.06. The average molecular weight is 407 g/mol. The van der Waals surface area contributed by atoms with Gasteiger partial charge in [-0.15, -0.1) is 0 Å². The van der Waals surface area contributed by atoms with Gasteiger partial charge < -0.3 is 5.32 Å². The molecule has 8 heteroatoms. The minimum atomic E-state index is -0.560. The predicted octanol–water partition coefficient (Wildman–Crippen LogP) is 3.10. The van der Waals surface area contributed by atoms with Gasteiger partial charge in [-0.3, -0.25) is 29.4 Å². The minimum Gasteiger partial charge on any atom is -0.324 e. The summed E-state index contributed by atoms with van der Waals surface area (Å²) in [6.45, 7) is -0.386. The van der Waals surface area contributed by atoms with Crippen molar-refractivity contribution in [3.8, 4) is 0 Å². The number of fused-ring (bicyclic) bond motifs is 1. The highest BCUT2D eigenvalue weighted by Crippen LogP contribution is 2.44. The fourth-order valence-electron chi connectivity index (χ4n) is 4.47. The third-order valence-electron chi connectivity index (χ3n) is 5.93. The Morgan fingerprint density at radius 1 is 1.03 bits per heavy atom. The number of amides is 3. The van der Waals surface area contributed by atoms with Crippen molar-refractivity contribution < 1.29 is 19.3 Å². The van der Waals surface area contributed by atoms with Crippen molar-refractivity contribution in [3.05, 3.63) is 70.3 Å². The normalized spacial score (nSPS) is 23.2. The van der Waals surface area contributed by atoms with E-state index in [1.54, 1.807) is 0 Å². The first-order chi connectivity index (χ1) is 14.4. The lowest BCUT2D eigenvalue weighted by Crippen LogP contribution is -2.38. The van der Waals surface area contributed by atoms with Gasteiger partial charge in [0.15, 0.2) is 0 Å². The summed E-state index contributed by atoms with van der Waals surface area (Å²) in [5, 5.41) is 13.4. The molecule has 3 amide bonds. The molecular formula is C22H21N3O5. The van der Waals surface area contributed by atoms with Crippen LogP contribution in [0.4, 0.5) is 11.4 Å². The van der Waals surface area contributed by atoms with E-state index >= 15 is 0 Å². The number of nitro groups is 1. The first kappa shape index (κ1) is 19.8. The number of rotatable bonds is 5. The third-order valence-corrected chi connectivity index (χ3v) is 5.93. The summed E-state index contributed by atoms with van der Waals surface area (Å²) in [6, 6.07) is 15.5. The molecule has 2 aromatic rings. The van der Waals surface area contributed by atoms with Crippen molar-refractivity contribution in [1.29, 1.82) is 0 Å². The van der Waals surface area contributed by atoms with Crippen LogP contribution < -0.4 is 5.32 Å². The lowest BCUT2D eigenvalue weighted by molar-refractivity contribution is -0.384. The highest BCUT2D eigenvalue weighted by Gasteiger charge is 2.50. The van der Waals surface area contributed by atoms with E-state index in [-0.39, 0.29) is 41.6 Å². The van der Waals surface area contributed by atoms with Crippen LogP contribution in [0.5, 0.6) is 0 Å². The van der Waals surface area contributed by atoms with Gasteiger partial charge in [0.1, 0.15) is 6.54 Å². The molecule has 1 N–H and O–H groups in total. The zero-order chi connectivity index (χ0) is 21.3. The van der Waals surface area contributed by atoms with Gasteiger partial charge in [-0.2, -0.15) is 0 Å². The van der Waals surface area contributed by atoms with Crippen LogP contribution >= 0.6 is 0 Å². The molecule has 0 aromatic heterocycles. The highest BCUT2D eigenvalue weighted by atomic mass is 16.6. The standard InChI is InChI=1S/C22H21N3O5/c26-20(23-16-7-4-8-17(12-16)25(29)30)13-24-21(27)18-10-9-15(11-19(18)22(24)28)14-5-2-1-3-6-14/h1-8,12,15,18-19H,9-11,13H2,(H,23,26)/t15-,18-,19+/m1/s1. The Labute approximate surface area is 173 Å². The SMILES string of the molecule is O=C(CN1C(=O)[C@H]2C[C@H](c3ccccc3)CC[C@H]2C1=O)Nc1cccc([N+](=O)[O-])c1. The lowest BCUT2D eigenvalue weighted by Gasteiger charge is -2.28. The largest absolute Gasteiger partial charge is 0.324 e. The molecule has 1 heterocycles. The predicted molar refractivity (Wildman–Crippen MR) is 108 cm³/mol. The van der Waals surface area contributed by atoms with Crippen LogP contribution in [-0.2, 0) is 14.4 Å². The van der Waals surface area contributed by atoms with Crippen molar-refractivity contribution in [3.63, 3.8) is 0 Å². The van der Waals surface area contributed by atoms with Gasteiger partial charge in [-0.25, -0.2) is 0 Å². The Bertz CT molecular complexity index is 1010. The van der Waals surface area contributed by atoms with Gasteiger partial charge in [0.2, 0.25) is 17.7 Å². The number of carbonyl (C=O) groups excluding carboxylic acids is 3. The summed E-state index contributed by atoms with van der Waals surface area (Å²) in [5.41, 5.74) is 1.26. The average Bonchev–Trinajstić information content (AvgIpc) is 2.99. The number of hydrogen-bond acceptors (Lipinski definition) is 5. The van der Waals surface area contributed by atoms with Gasteiger partial charge >= 0.3 is 0 Å². The maximum absolute atomic E-state index is 12.9. The van der Waals surface area contributed by atoms with E-state index in [1.165, 1.54) is 24.3 Å². The molecule has 4 rings (SSSR count). The highest BCUT2D eigenvalue weighted by molar-refractivity contribution is 6.08. The molecule has 8 nitrogen and oxygen atoms in total. The van der Waals surface area contributed by atoms with E-state index < -0.39 is 16.7 Å². The summed E-state index contributed by atoms with van der Waals surface area (Å²) in [7, 11) is 0. The summed E-state index contributed by atoms with van der Waals surface area (Å²) in [6.07, 6.45) is 2.05. The van der Waals surface area contributed by atoms with Crippen LogP contribution in [0.2, 0.25) is 0 Å². The maximum atomic E-state index is 12.9. The molecular weight excluding hydrogens is 386 g/mol. The molecule has 1 aliphatic heterocycles. The third kappa shape index (κ3) is 3.80. The van der Waals surface area contributed by atoms with E-state index in [4.69, 9.17) is 0 Å². The molecule has 1 saturated heterocycles. The number of anilines is 1. The Kier molecular flexibility index (Phi) is 5.31. The first-order valence-corrected chi connectivity index (χ1v) is 9.88. The molecule has 154 valence electrons. The second-order valence-electron chi connectivity index (χ2n) is 7.75. The molecule has 0 unspecified atom stereocenters. The summed E-state index contributed by atoms with van der Waals surface area (Å²) >= 11 is 0. The number of imide groups is 1. The smallest absolute Gasteiger partial charge is 0.271 e. The van der Waals surface area contributed by atoms with E-state index in [2.05, 4.69) is 5.32 Å². The number of benzene rings is 2. The number of nitrogens with one attached hydrogen (secondary N) is 1. The van der Waals surface area contributed by atoms with E-state index in [9.17, 15) is 24.5 Å². The lowest BCUT2D eigenvalue weighted by atomic mass is 9.73. The Morgan fingerprint density at radius 2 is 1.77 bits per heavy atom. The molecule has 2 aromatic carbocycles. The van der Waals surface area contributed by atoms with Gasteiger partial charge in [-0.1, -0.05) is 36.4 Å². The minimum absolute atomic E-state index is 0.154. The molecule has 2 fully saturated rings. The zero-order valence-electron chi connectivity index (χ0n) is 16.2. The van der Waals surface area contributed by atoms with Crippen LogP contribution in [0.3, 0.4) is 0 Å². The number of non-ortho nitro benzene ring substituents is 1. The van der Waals surface area contributed by atoms with Gasteiger partial charge in [0, 0.05) is 17.8 Å². The molecule has 2 aliphatic rings. The van der Waals surface area contributed by atoms with Crippen molar-refractivity contribution >= 4 is 29.1 Å². The number of carbonyl (C=O) groups is 3. The molecule has 0 spiro atoms.